The van der Waals surface area contributed by atoms with E-state index in [4.69, 9.17) is 5.11 Å². The molecule has 0 fully saturated rings. The first-order valence-corrected chi connectivity index (χ1v) is 4.80. The summed E-state index contributed by atoms with van der Waals surface area (Å²) in [6, 6.07) is 3.22. The van der Waals surface area contributed by atoms with Crippen LogP contribution in [0.2, 0.25) is 0 Å². The van der Waals surface area contributed by atoms with E-state index in [9.17, 15) is 9.59 Å². The summed E-state index contributed by atoms with van der Waals surface area (Å²) in [5.74, 6) is -1.28. The summed E-state index contributed by atoms with van der Waals surface area (Å²) >= 11 is 0. The molecule has 1 heterocycles. The van der Waals surface area contributed by atoms with Gasteiger partial charge in [-0.25, -0.2) is 0 Å². The quantitative estimate of drug-likeness (QED) is 0.726. The second-order valence-corrected chi connectivity index (χ2v) is 3.55. The van der Waals surface area contributed by atoms with Crippen LogP contribution < -0.4 is 5.32 Å². The Morgan fingerprint density at radius 1 is 1.56 bits per heavy atom. The number of amides is 1. The standard InChI is InChI=1S/C11H14N2O3/c1-8(2)6-12-11(16)9-4-3-5-13(9)7-10(14)15/h3-5H,1,6-7H2,2H3,(H,12,16)(H,14,15). The molecule has 86 valence electrons. The zero-order valence-corrected chi connectivity index (χ0v) is 9.06. The summed E-state index contributed by atoms with van der Waals surface area (Å²) in [5.41, 5.74) is 1.17. The van der Waals surface area contributed by atoms with Gasteiger partial charge in [0, 0.05) is 12.7 Å². The van der Waals surface area contributed by atoms with Crippen molar-refractivity contribution < 1.29 is 14.7 Å². The molecule has 1 rings (SSSR count). The molecule has 0 aliphatic rings. The van der Waals surface area contributed by atoms with E-state index in [0.717, 1.165) is 5.57 Å². The van der Waals surface area contributed by atoms with Crippen LogP contribution in [-0.4, -0.2) is 28.1 Å². The zero-order chi connectivity index (χ0) is 12.1. The Hall–Kier alpha value is -2.04. The molecule has 0 atom stereocenters. The van der Waals surface area contributed by atoms with Gasteiger partial charge in [0.2, 0.25) is 0 Å². The van der Waals surface area contributed by atoms with Crippen molar-refractivity contribution >= 4 is 11.9 Å². The lowest BCUT2D eigenvalue weighted by Crippen LogP contribution is -2.27. The van der Waals surface area contributed by atoms with Crippen LogP contribution in [0.15, 0.2) is 30.5 Å². The monoisotopic (exact) mass is 222 g/mol. The predicted octanol–water partition coefficient (Wildman–Crippen LogP) is 0.879. The molecule has 2 N–H and O–H groups in total. The SMILES string of the molecule is C=C(C)CNC(=O)c1cccn1CC(=O)O. The highest BCUT2D eigenvalue weighted by Gasteiger charge is 2.11. The molecule has 0 unspecified atom stereocenters. The summed E-state index contributed by atoms with van der Waals surface area (Å²) < 4.78 is 1.39. The third-order valence-electron chi connectivity index (χ3n) is 1.92. The van der Waals surface area contributed by atoms with Gasteiger partial charge in [-0.1, -0.05) is 12.2 Å². The van der Waals surface area contributed by atoms with Crippen molar-refractivity contribution in [1.82, 2.24) is 9.88 Å². The molecule has 0 saturated heterocycles. The van der Waals surface area contributed by atoms with Crippen LogP contribution in [0.4, 0.5) is 0 Å². The third-order valence-corrected chi connectivity index (χ3v) is 1.92. The number of rotatable bonds is 5. The summed E-state index contributed by atoms with van der Waals surface area (Å²) in [5, 5.41) is 11.3. The van der Waals surface area contributed by atoms with Crippen LogP contribution in [-0.2, 0) is 11.3 Å². The van der Waals surface area contributed by atoms with Gasteiger partial charge in [-0.2, -0.15) is 0 Å². The van der Waals surface area contributed by atoms with Gasteiger partial charge in [0.15, 0.2) is 0 Å². The van der Waals surface area contributed by atoms with E-state index in [1.54, 1.807) is 25.3 Å². The van der Waals surface area contributed by atoms with E-state index in [-0.39, 0.29) is 12.5 Å². The second-order valence-electron chi connectivity index (χ2n) is 3.55. The minimum absolute atomic E-state index is 0.219. The minimum atomic E-state index is -0.981. The molecule has 0 saturated carbocycles. The Labute approximate surface area is 93.4 Å². The molecular weight excluding hydrogens is 208 g/mol. The van der Waals surface area contributed by atoms with Gasteiger partial charge in [-0.3, -0.25) is 9.59 Å². The van der Waals surface area contributed by atoms with Crippen LogP contribution >= 0.6 is 0 Å². The molecule has 1 amide bonds. The molecule has 0 bridgehead atoms. The van der Waals surface area contributed by atoms with Crippen molar-refractivity contribution in [1.29, 1.82) is 0 Å². The molecule has 16 heavy (non-hydrogen) atoms. The van der Waals surface area contributed by atoms with E-state index in [1.165, 1.54) is 4.57 Å². The van der Waals surface area contributed by atoms with Crippen LogP contribution in [0.3, 0.4) is 0 Å². The number of carboxylic acids is 1. The smallest absolute Gasteiger partial charge is 0.323 e. The fraction of sp³-hybridized carbons (Fsp3) is 0.273. The van der Waals surface area contributed by atoms with Gasteiger partial charge in [0.25, 0.3) is 5.91 Å². The van der Waals surface area contributed by atoms with Crippen molar-refractivity contribution in [2.24, 2.45) is 0 Å². The van der Waals surface area contributed by atoms with Gasteiger partial charge < -0.3 is 15.0 Å². The second kappa shape index (κ2) is 5.16. The lowest BCUT2D eigenvalue weighted by Gasteiger charge is -2.07. The van der Waals surface area contributed by atoms with E-state index in [2.05, 4.69) is 11.9 Å². The van der Waals surface area contributed by atoms with Crippen molar-refractivity contribution in [2.45, 2.75) is 13.5 Å². The number of hydrogen-bond acceptors (Lipinski definition) is 2. The maximum atomic E-state index is 11.6. The van der Waals surface area contributed by atoms with E-state index in [1.807, 2.05) is 0 Å². The molecule has 1 aromatic rings. The lowest BCUT2D eigenvalue weighted by molar-refractivity contribution is -0.137. The van der Waals surface area contributed by atoms with Gasteiger partial charge in [0.05, 0.1) is 0 Å². The topological polar surface area (TPSA) is 71.3 Å². The predicted molar refractivity (Wildman–Crippen MR) is 59.2 cm³/mol. The maximum Gasteiger partial charge on any atom is 0.323 e. The molecule has 5 nitrogen and oxygen atoms in total. The van der Waals surface area contributed by atoms with Gasteiger partial charge in [-0.15, -0.1) is 0 Å². The van der Waals surface area contributed by atoms with Crippen molar-refractivity contribution in [3.63, 3.8) is 0 Å². The van der Waals surface area contributed by atoms with Crippen LogP contribution in [0.25, 0.3) is 0 Å². The number of hydrogen-bond donors (Lipinski definition) is 2. The Bertz CT molecular complexity index is 421. The van der Waals surface area contributed by atoms with E-state index >= 15 is 0 Å². The van der Waals surface area contributed by atoms with Gasteiger partial charge in [-0.05, 0) is 19.1 Å². The van der Waals surface area contributed by atoms with Crippen molar-refractivity contribution in [2.75, 3.05) is 6.54 Å². The van der Waals surface area contributed by atoms with Gasteiger partial charge in [0.1, 0.15) is 12.2 Å². The number of carbonyl (C=O) groups is 2. The molecule has 5 heteroatoms. The number of carbonyl (C=O) groups excluding carboxylic acids is 1. The Morgan fingerprint density at radius 3 is 2.81 bits per heavy atom. The fourth-order valence-electron chi connectivity index (χ4n) is 1.23. The maximum absolute atomic E-state index is 11.6. The molecular formula is C11H14N2O3. The number of aliphatic carboxylic acids is 1. The summed E-state index contributed by atoms with van der Waals surface area (Å²) in [6.45, 7) is 5.63. The molecule has 0 spiro atoms. The third kappa shape index (κ3) is 3.27. The summed E-state index contributed by atoms with van der Waals surface area (Å²) in [6.07, 6.45) is 1.56. The highest BCUT2D eigenvalue weighted by molar-refractivity contribution is 5.93. The molecule has 0 aliphatic carbocycles. The molecule has 1 aromatic heterocycles. The zero-order valence-electron chi connectivity index (χ0n) is 9.06. The lowest BCUT2D eigenvalue weighted by atomic mass is 10.3. The minimum Gasteiger partial charge on any atom is -0.480 e. The first-order valence-electron chi connectivity index (χ1n) is 4.80. The highest BCUT2D eigenvalue weighted by atomic mass is 16.4. The number of aromatic nitrogens is 1. The molecule has 0 aliphatic heterocycles. The number of nitrogens with zero attached hydrogens (tertiary/aromatic N) is 1. The normalized spacial score (nSPS) is 9.81. The average molecular weight is 222 g/mol. The van der Waals surface area contributed by atoms with Crippen LogP contribution in [0, 0.1) is 0 Å². The first-order chi connectivity index (χ1) is 7.50. The van der Waals surface area contributed by atoms with Gasteiger partial charge >= 0.3 is 5.97 Å². The number of carboxylic acid groups (broad SMARTS) is 1. The van der Waals surface area contributed by atoms with E-state index in [0.29, 0.717) is 12.2 Å². The summed E-state index contributed by atoms with van der Waals surface area (Å²) in [7, 11) is 0. The Morgan fingerprint density at radius 2 is 2.25 bits per heavy atom. The van der Waals surface area contributed by atoms with Crippen LogP contribution in [0.1, 0.15) is 17.4 Å². The number of nitrogens with one attached hydrogen (secondary N) is 1. The molecule has 0 radical (unpaired) electrons. The first kappa shape index (κ1) is 12.0. The average Bonchev–Trinajstić information content (AvgIpc) is 2.61. The largest absolute Gasteiger partial charge is 0.480 e. The van der Waals surface area contributed by atoms with E-state index < -0.39 is 5.97 Å². The Balaban J connectivity index is 2.71. The van der Waals surface area contributed by atoms with Crippen molar-refractivity contribution in [3.8, 4) is 0 Å². The molecule has 0 aromatic carbocycles. The fourth-order valence-corrected chi connectivity index (χ4v) is 1.23. The summed E-state index contributed by atoms with van der Waals surface area (Å²) in [4.78, 5) is 22.2. The Kier molecular flexibility index (Phi) is 3.88. The van der Waals surface area contributed by atoms with Crippen LogP contribution in [0.5, 0.6) is 0 Å². The highest BCUT2D eigenvalue weighted by Crippen LogP contribution is 2.02. The van der Waals surface area contributed by atoms with Crippen molar-refractivity contribution in [3.05, 3.63) is 36.2 Å².